The largest absolute Gasteiger partial charge is 0.411 e. The van der Waals surface area contributed by atoms with Gasteiger partial charge in [0.2, 0.25) is 0 Å². The number of fused-ring (bicyclic) bond motifs is 6. The zero-order chi connectivity index (χ0) is 60.1. The molecular weight excluding hydrogens is 991 g/mol. The lowest BCUT2D eigenvalue weighted by Crippen LogP contribution is -2.16. The van der Waals surface area contributed by atoms with Crippen LogP contribution in [0.5, 0.6) is 0 Å². The normalized spacial score (nSPS) is 16.2. The fourth-order valence-corrected chi connectivity index (χ4v) is 9.58. The van der Waals surface area contributed by atoms with Gasteiger partial charge in [-0.05, 0) is 128 Å². The number of carbonyl (C=O) groups excluding carboxylic acids is 2. The highest BCUT2D eigenvalue weighted by molar-refractivity contribution is 6.04. The second-order valence-electron chi connectivity index (χ2n) is 17.6. The molecule has 6 aliphatic rings. The summed E-state index contributed by atoms with van der Waals surface area (Å²) in [4.78, 5) is 26.1. The van der Waals surface area contributed by atoms with E-state index in [2.05, 4.69) is 81.7 Å². The van der Waals surface area contributed by atoms with E-state index in [4.69, 9.17) is 21.9 Å². The number of aryl methyl sites for hydroxylation is 6. The van der Waals surface area contributed by atoms with Gasteiger partial charge in [0.05, 0.1) is 18.5 Å². The number of ketones is 2. The molecule has 6 aromatic rings. The third-order valence-corrected chi connectivity index (χ3v) is 13.1. The van der Waals surface area contributed by atoms with Gasteiger partial charge in [-0.25, -0.2) is 5.90 Å². The summed E-state index contributed by atoms with van der Waals surface area (Å²) in [5.41, 5.74) is 28.2. The van der Waals surface area contributed by atoms with Crippen molar-refractivity contribution in [3.05, 3.63) is 212 Å². The average Bonchev–Trinajstić information content (AvgIpc) is 4.28. The number of rotatable bonds is 0. The Hall–Kier alpha value is -6.56. The Morgan fingerprint density at radius 2 is 0.662 bits per heavy atom. The minimum Gasteiger partial charge on any atom is -0.411 e. The molecule has 0 aromatic heterocycles. The van der Waals surface area contributed by atoms with Crippen LogP contribution in [0.25, 0.3) is 0 Å². The van der Waals surface area contributed by atoms with Gasteiger partial charge >= 0.3 is 0 Å². The highest BCUT2D eigenvalue weighted by Gasteiger charge is 2.20. The molecule has 0 bridgehead atoms. The van der Waals surface area contributed by atoms with Gasteiger partial charge in [0.25, 0.3) is 0 Å². The Labute approximate surface area is 484 Å². The van der Waals surface area contributed by atoms with Crippen LogP contribution in [0.15, 0.2) is 156 Å². The SMILES string of the molecule is CC.CC.CC.CC.CC.CC.CON.NC1CCCc2ccccc21.NC1CCc2ccccc21.O/N=C1\CCCc2ccccc21.O/N=C1\CCc2ccccc21.O=C1CCCc2ccccc21.O=C1CCc2ccccc21. The van der Waals surface area contributed by atoms with Crippen molar-refractivity contribution in [2.75, 3.05) is 7.11 Å². The standard InChI is InChI=1S/C10H11NO.C10H13N.C10H10O.C9H9NO.C9H11N.C9H8O.6C2H6.CH5NO/c12-11-10-7-3-5-8-4-1-2-6-9(8)10;2*11-10-7-3-5-8-4-1-2-6-9(8)10;11-10-9-6-5-7-3-1-2-4-8(7)9;2*10-9-6-5-7-3-1-2-4-8(7)9;6*1-2;1-3-2/h1-2,4,6,12H,3,5,7H2;1-2,4,6,10H,3,5,7,11H2;1-2,4,6H,3,5,7H2;1-4,11H,5-6H2;1-4,9H,5-6,10H2;1-4H,5-6H2;6*1-2H3;2H2,1H3/b11-10+;;;10-9+;;;;;;;;;. The minimum atomic E-state index is 0.292. The molecule has 10 heteroatoms. The number of hydrogen-bond donors (Lipinski definition) is 5. The summed E-state index contributed by atoms with van der Waals surface area (Å²) in [6.07, 6.45) is 15.4. The molecule has 0 aliphatic heterocycles. The highest BCUT2D eigenvalue weighted by atomic mass is 16.6. The van der Waals surface area contributed by atoms with Crippen LogP contribution < -0.4 is 17.4 Å². The third kappa shape index (κ3) is 24.4. The van der Waals surface area contributed by atoms with Gasteiger partial charge in [-0.3, -0.25) is 9.59 Å². The average molecular weight is 1090 g/mol. The molecule has 0 saturated heterocycles. The highest BCUT2D eigenvalue weighted by Crippen LogP contribution is 2.29. The summed E-state index contributed by atoms with van der Waals surface area (Å²) in [5.74, 6) is 4.96. The van der Waals surface area contributed by atoms with Gasteiger partial charge in [-0.1, -0.05) is 239 Å². The lowest BCUT2D eigenvalue weighted by atomic mass is 9.88. The second-order valence-corrected chi connectivity index (χ2v) is 17.6. The van der Waals surface area contributed by atoms with Crippen LogP contribution in [0.1, 0.15) is 229 Å². The zero-order valence-electron chi connectivity index (χ0n) is 51.4. The van der Waals surface area contributed by atoms with Gasteiger partial charge in [-0.2, -0.15) is 0 Å². The molecule has 10 nitrogen and oxygen atoms in total. The first kappa shape index (κ1) is 73.4. The van der Waals surface area contributed by atoms with Crippen molar-refractivity contribution in [3.8, 4) is 0 Å². The molecule has 2 atom stereocenters. The van der Waals surface area contributed by atoms with Crippen LogP contribution >= 0.6 is 0 Å². The monoisotopic (exact) mass is 1090 g/mol. The minimum absolute atomic E-state index is 0.292. The summed E-state index contributed by atoms with van der Waals surface area (Å²) in [6, 6.07) is 49.5. The molecule has 0 amide bonds. The van der Waals surface area contributed by atoms with Crippen LogP contribution in [0.4, 0.5) is 0 Å². The third-order valence-electron chi connectivity index (χ3n) is 13.1. The Morgan fingerprint density at radius 3 is 1.10 bits per heavy atom. The maximum absolute atomic E-state index is 11.3. The molecule has 6 aromatic carbocycles. The van der Waals surface area contributed by atoms with E-state index >= 15 is 0 Å². The zero-order valence-corrected chi connectivity index (χ0v) is 51.4. The van der Waals surface area contributed by atoms with Gasteiger partial charge < -0.3 is 26.7 Å². The van der Waals surface area contributed by atoms with E-state index in [9.17, 15) is 9.59 Å². The first-order valence-corrected chi connectivity index (χ1v) is 30.0. The number of benzene rings is 6. The number of nitrogens with zero attached hydrogens (tertiary/aromatic N) is 2. The topological polar surface area (TPSA) is 187 Å². The number of nitrogens with two attached hydrogens (primary N) is 3. The molecule has 0 radical (unpaired) electrons. The summed E-state index contributed by atoms with van der Waals surface area (Å²) in [7, 11) is 1.40. The van der Waals surface area contributed by atoms with Gasteiger partial charge in [0.1, 0.15) is 0 Å². The van der Waals surface area contributed by atoms with E-state index in [0.717, 1.165) is 111 Å². The lowest BCUT2D eigenvalue weighted by Gasteiger charge is -2.21. The molecule has 0 spiro atoms. The summed E-state index contributed by atoms with van der Waals surface area (Å²) >= 11 is 0. The molecule has 0 heterocycles. The van der Waals surface area contributed by atoms with Crippen molar-refractivity contribution in [1.29, 1.82) is 0 Å². The van der Waals surface area contributed by atoms with E-state index in [-0.39, 0.29) is 0 Å². The van der Waals surface area contributed by atoms with Crippen molar-refractivity contribution >= 4 is 23.0 Å². The van der Waals surface area contributed by atoms with E-state index in [1.807, 2.05) is 168 Å². The molecule has 0 saturated carbocycles. The van der Waals surface area contributed by atoms with E-state index < -0.39 is 0 Å². The Balaban J connectivity index is 0.000000893. The quantitative estimate of drug-likeness (QED) is 0.0734. The molecule has 0 fully saturated rings. The van der Waals surface area contributed by atoms with Crippen molar-refractivity contribution in [3.63, 3.8) is 0 Å². The van der Waals surface area contributed by atoms with Crippen molar-refractivity contribution < 1.29 is 24.8 Å². The van der Waals surface area contributed by atoms with Gasteiger partial charge in [0, 0.05) is 47.2 Å². The van der Waals surface area contributed by atoms with Crippen molar-refractivity contribution in [2.24, 2.45) is 27.7 Å². The number of oxime groups is 2. The predicted molar refractivity (Wildman–Crippen MR) is 341 cm³/mol. The smallest absolute Gasteiger partial charge is 0.163 e. The number of hydrogen-bond acceptors (Lipinski definition) is 10. The summed E-state index contributed by atoms with van der Waals surface area (Å²) in [6.45, 7) is 24.0. The first-order chi connectivity index (χ1) is 39.3. The van der Waals surface area contributed by atoms with Crippen molar-refractivity contribution in [2.45, 2.75) is 191 Å². The van der Waals surface area contributed by atoms with E-state index in [1.54, 1.807) is 0 Å². The Morgan fingerprint density at radius 1 is 0.362 bits per heavy atom. The number of Topliss-reactive ketones (excluding diaryl/α,β-unsaturated/α-hetero) is 2. The fourth-order valence-electron chi connectivity index (χ4n) is 9.58. The Bertz CT molecular complexity index is 2640. The van der Waals surface area contributed by atoms with E-state index in [0.29, 0.717) is 30.1 Å². The lowest BCUT2D eigenvalue weighted by molar-refractivity contribution is 0.0970. The first-order valence-electron chi connectivity index (χ1n) is 30.0. The summed E-state index contributed by atoms with van der Waals surface area (Å²) in [5, 5.41) is 23.9. The summed E-state index contributed by atoms with van der Waals surface area (Å²) < 4.78 is 0. The molecular formula is C70H103N5O5. The maximum atomic E-state index is 11.3. The Kier molecular flexibility index (Phi) is 42.4. The molecule has 2 unspecified atom stereocenters. The number of carbonyl (C=O) groups is 2. The molecule has 8 N–H and O–H groups in total. The maximum Gasteiger partial charge on any atom is 0.163 e. The van der Waals surface area contributed by atoms with Crippen LogP contribution in [-0.4, -0.2) is 40.5 Å². The van der Waals surface area contributed by atoms with Crippen molar-refractivity contribution in [1.82, 2.24) is 0 Å². The predicted octanol–water partition coefficient (Wildman–Crippen LogP) is 17.4. The van der Waals surface area contributed by atoms with E-state index in [1.165, 1.54) is 64.5 Å². The molecule has 80 heavy (non-hydrogen) atoms. The second kappa shape index (κ2) is 46.2. The van der Waals surface area contributed by atoms with Gasteiger partial charge in [0.15, 0.2) is 11.6 Å². The molecule has 12 rings (SSSR count). The van der Waals surface area contributed by atoms with Gasteiger partial charge in [-0.15, -0.1) is 0 Å². The molecule has 6 aliphatic carbocycles. The molecule has 438 valence electrons. The van der Waals surface area contributed by atoms with Crippen LogP contribution in [0, 0.1) is 0 Å². The van der Waals surface area contributed by atoms with Crippen LogP contribution in [-0.2, 0) is 43.4 Å². The van der Waals surface area contributed by atoms with Crippen LogP contribution in [0.3, 0.4) is 0 Å². The van der Waals surface area contributed by atoms with Crippen LogP contribution in [0.2, 0.25) is 0 Å². The fraction of sp³-hybridized carbons (Fsp3) is 0.429.